The highest BCUT2D eigenvalue weighted by Gasteiger charge is 1.91. The molecule has 0 rings (SSSR count). The fourth-order valence-corrected chi connectivity index (χ4v) is 0.263. The molecule has 0 saturated heterocycles. The molecule has 7 heavy (non-hydrogen) atoms. The van der Waals surface area contributed by atoms with Gasteiger partial charge in [0.1, 0.15) is 6.61 Å². The zero-order valence-electron chi connectivity index (χ0n) is 4.73. The van der Waals surface area contributed by atoms with Crippen molar-refractivity contribution in [1.82, 2.24) is 0 Å². The predicted octanol–water partition coefficient (Wildman–Crippen LogP) is 0.612. The number of hydrogen-bond donors (Lipinski definition) is 0. The van der Waals surface area contributed by atoms with E-state index in [1.807, 2.05) is 6.92 Å². The van der Waals surface area contributed by atoms with Crippen LogP contribution in [-0.2, 0) is 9.53 Å². The lowest BCUT2D eigenvalue weighted by molar-refractivity contribution is -0.122. The lowest BCUT2D eigenvalue weighted by atomic mass is 10.3. The van der Waals surface area contributed by atoms with Crippen molar-refractivity contribution in [3.8, 4) is 0 Å². The van der Waals surface area contributed by atoms with Gasteiger partial charge < -0.3 is 4.74 Å². The number of methoxy groups -OCH3 is 1. The molecule has 0 fully saturated rings. The summed E-state index contributed by atoms with van der Waals surface area (Å²) in [7, 11) is 1.52. The van der Waals surface area contributed by atoms with Crippen LogP contribution < -0.4 is 0 Å². The van der Waals surface area contributed by atoms with Crippen LogP contribution in [0.5, 0.6) is 0 Å². The molecule has 0 N–H and O–H groups in total. The molecule has 0 aromatic heterocycles. The van der Waals surface area contributed by atoms with E-state index in [4.69, 9.17) is 0 Å². The zero-order chi connectivity index (χ0) is 5.70. The molecule has 0 spiro atoms. The molecule has 0 saturated carbocycles. The fraction of sp³-hybridized carbons (Fsp3) is 0.800. The summed E-state index contributed by atoms with van der Waals surface area (Å²) in [4.78, 5) is 10.3. The van der Waals surface area contributed by atoms with Gasteiger partial charge in [-0.3, -0.25) is 4.79 Å². The number of ether oxygens (including phenoxy) is 1. The molecular formula is C5H10O2. The van der Waals surface area contributed by atoms with Crippen molar-refractivity contribution >= 4 is 5.78 Å². The van der Waals surface area contributed by atoms with Crippen LogP contribution in [0.1, 0.15) is 13.3 Å². The van der Waals surface area contributed by atoms with E-state index >= 15 is 0 Å². The molecule has 0 aromatic carbocycles. The van der Waals surface area contributed by atoms with Crippen LogP contribution >= 0.6 is 0 Å². The molecule has 0 radical (unpaired) electrons. The first-order valence-electron chi connectivity index (χ1n) is 2.32. The van der Waals surface area contributed by atoms with Gasteiger partial charge in [-0.05, 0) is 0 Å². The van der Waals surface area contributed by atoms with Crippen LogP contribution in [0.2, 0.25) is 0 Å². The van der Waals surface area contributed by atoms with Crippen LogP contribution in [0.15, 0.2) is 0 Å². The molecule has 0 amide bonds. The van der Waals surface area contributed by atoms with Gasteiger partial charge in [-0.25, -0.2) is 0 Å². The average Bonchev–Trinajstić information content (AvgIpc) is 1.68. The van der Waals surface area contributed by atoms with E-state index in [1.165, 1.54) is 7.11 Å². The van der Waals surface area contributed by atoms with Crippen LogP contribution in [0, 0.1) is 0 Å². The van der Waals surface area contributed by atoms with Crippen molar-refractivity contribution in [2.75, 3.05) is 13.7 Å². The maximum atomic E-state index is 10.3. The van der Waals surface area contributed by atoms with Gasteiger partial charge in [0.2, 0.25) is 0 Å². The number of carbonyl (C=O) groups excluding carboxylic acids is 1. The Kier molecular flexibility index (Phi) is 3.61. The standard InChI is InChI=1S/C5H10O2/c1-3-5(6)4-7-2/h3-4H2,1-2H3. The number of Topliss-reactive ketones (excluding diaryl/α,β-unsaturated/α-hetero) is 1. The van der Waals surface area contributed by atoms with Crippen molar-refractivity contribution in [3.63, 3.8) is 0 Å². The third-order valence-corrected chi connectivity index (χ3v) is 0.700. The van der Waals surface area contributed by atoms with Crippen molar-refractivity contribution in [2.45, 2.75) is 13.3 Å². The average molecular weight is 102 g/mol. The topological polar surface area (TPSA) is 26.3 Å². The first-order chi connectivity index (χ1) is 3.31. The minimum atomic E-state index is 0.155. The molecule has 0 heterocycles. The summed E-state index contributed by atoms with van der Waals surface area (Å²) >= 11 is 0. The number of hydrogen-bond acceptors (Lipinski definition) is 2. The van der Waals surface area contributed by atoms with Crippen LogP contribution in [0.25, 0.3) is 0 Å². The van der Waals surface area contributed by atoms with Crippen LogP contribution in [-0.4, -0.2) is 19.5 Å². The highest BCUT2D eigenvalue weighted by atomic mass is 16.5. The second-order valence-corrected chi connectivity index (χ2v) is 1.33. The summed E-state index contributed by atoms with van der Waals surface area (Å²) in [5.74, 6) is 0.155. The Bertz CT molecular complexity index is 59.1. The Balaban J connectivity index is 3.00. The molecule has 2 nitrogen and oxygen atoms in total. The van der Waals surface area contributed by atoms with Gasteiger partial charge >= 0.3 is 0 Å². The summed E-state index contributed by atoms with van der Waals surface area (Å²) in [6.45, 7) is 2.08. The Labute approximate surface area is 43.5 Å². The molecule has 0 atom stereocenters. The van der Waals surface area contributed by atoms with Gasteiger partial charge in [0.25, 0.3) is 0 Å². The first-order valence-corrected chi connectivity index (χ1v) is 2.32. The molecule has 0 aliphatic rings. The van der Waals surface area contributed by atoms with E-state index in [2.05, 4.69) is 4.74 Å². The van der Waals surface area contributed by atoms with Crippen LogP contribution in [0.3, 0.4) is 0 Å². The Morgan fingerprint density at radius 3 is 2.43 bits per heavy atom. The van der Waals surface area contributed by atoms with Gasteiger partial charge in [-0.1, -0.05) is 6.92 Å². The van der Waals surface area contributed by atoms with E-state index in [0.717, 1.165) is 0 Å². The SMILES string of the molecule is CCC(=O)COC. The van der Waals surface area contributed by atoms with E-state index in [0.29, 0.717) is 6.42 Å². The van der Waals surface area contributed by atoms with Crippen molar-refractivity contribution in [1.29, 1.82) is 0 Å². The number of ketones is 1. The van der Waals surface area contributed by atoms with Gasteiger partial charge in [0, 0.05) is 13.5 Å². The highest BCUT2D eigenvalue weighted by Crippen LogP contribution is 1.78. The third kappa shape index (κ3) is 3.46. The number of rotatable bonds is 3. The first kappa shape index (κ1) is 6.63. The van der Waals surface area contributed by atoms with Crippen molar-refractivity contribution in [3.05, 3.63) is 0 Å². The summed E-state index contributed by atoms with van der Waals surface area (Å²) in [6, 6.07) is 0. The molecule has 0 aliphatic heterocycles. The van der Waals surface area contributed by atoms with E-state index < -0.39 is 0 Å². The predicted molar refractivity (Wildman–Crippen MR) is 27.2 cm³/mol. The maximum Gasteiger partial charge on any atom is 0.158 e. The van der Waals surface area contributed by atoms with E-state index in [1.54, 1.807) is 0 Å². The van der Waals surface area contributed by atoms with Crippen molar-refractivity contribution in [2.24, 2.45) is 0 Å². The monoisotopic (exact) mass is 102 g/mol. The molecular weight excluding hydrogens is 92.1 g/mol. The van der Waals surface area contributed by atoms with Crippen molar-refractivity contribution < 1.29 is 9.53 Å². The third-order valence-electron chi connectivity index (χ3n) is 0.700. The van der Waals surface area contributed by atoms with Gasteiger partial charge in [-0.2, -0.15) is 0 Å². The Morgan fingerprint density at radius 2 is 2.29 bits per heavy atom. The maximum absolute atomic E-state index is 10.3. The van der Waals surface area contributed by atoms with E-state index in [-0.39, 0.29) is 12.4 Å². The molecule has 0 unspecified atom stereocenters. The molecule has 0 aliphatic carbocycles. The largest absolute Gasteiger partial charge is 0.377 e. The lowest BCUT2D eigenvalue weighted by Crippen LogP contribution is -2.03. The summed E-state index contributed by atoms with van der Waals surface area (Å²) in [6.07, 6.45) is 0.577. The molecule has 42 valence electrons. The second-order valence-electron chi connectivity index (χ2n) is 1.33. The summed E-state index contributed by atoms with van der Waals surface area (Å²) in [5.41, 5.74) is 0. The van der Waals surface area contributed by atoms with Gasteiger partial charge in [-0.15, -0.1) is 0 Å². The Hall–Kier alpha value is -0.370. The normalized spacial score (nSPS) is 8.86. The summed E-state index contributed by atoms with van der Waals surface area (Å²) in [5, 5.41) is 0. The fourth-order valence-electron chi connectivity index (χ4n) is 0.263. The zero-order valence-corrected chi connectivity index (χ0v) is 4.73. The van der Waals surface area contributed by atoms with Gasteiger partial charge in [0.15, 0.2) is 5.78 Å². The van der Waals surface area contributed by atoms with E-state index in [9.17, 15) is 4.79 Å². The molecule has 2 heteroatoms. The highest BCUT2D eigenvalue weighted by molar-refractivity contribution is 5.79. The lowest BCUT2D eigenvalue weighted by Gasteiger charge is -1.89. The van der Waals surface area contributed by atoms with Crippen LogP contribution in [0.4, 0.5) is 0 Å². The Morgan fingerprint density at radius 1 is 1.71 bits per heavy atom. The summed E-state index contributed by atoms with van der Waals surface area (Å²) < 4.78 is 4.54. The second kappa shape index (κ2) is 3.81. The minimum absolute atomic E-state index is 0.155. The quantitative estimate of drug-likeness (QED) is 0.522. The van der Waals surface area contributed by atoms with Gasteiger partial charge in [0.05, 0.1) is 0 Å². The minimum Gasteiger partial charge on any atom is -0.377 e. The number of carbonyl (C=O) groups is 1. The smallest absolute Gasteiger partial charge is 0.158 e. The molecule has 0 aromatic rings. The molecule has 0 bridgehead atoms.